The molecule has 0 heterocycles. The van der Waals surface area contributed by atoms with E-state index in [0.717, 1.165) is 17.4 Å². The van der Waals surface area contributed by atoms with Crippen LogP contribution in [0.2, 0.25) is 10.0 Å². The highest BCUT2D eigenvalue weighted by Gasteiger charge is 2.54. The summed E-state index contributed by atoms with van der Waals surface area (Å²) in [6.07, 6.45) is 5.44. The Kier molecular flexibility index (Phi) is 3.32. The van der Waals surface area contributed by atoms with E-state index in [1.54, 1.807) is 6.07 Å². The van der Waals surface area contributed by atoms with Crippen molar-refractivity contribution in [2.75, 3.05) is 0 Å². The summed E-state index contributed by atoms with van der Waals surface area (Å²) in [5, 5.41) is 1.45. The standard InChI is InChI=1S/C14H15Cl3/c15-8-5-6-11(12(16)7-8)14(17)13-9-3-1-2-4-10(9)13/h5-7,9-10,13-14H,1-4H2. The summed E-state index contributed by atoms with van der Waals surface area (Å²) < 4.78 is 0. The van der Waals surface area contributed by atoms with Gasteiger partial charge < -0.3 is 0 Å². The van der Waals surface area contributed by atoms with Crippen LogP contribution >= 0.6 is 34.8 Å². The Bertz CT molecular complexity index is 417. The molecule has 0 radical (unpaired) electrons. The summed E-state index contributed by atoms with van der Waals surface area (Å²) >= 11 is 18.7. The quantitative estimate of drug-likeness (QED) is 0.612. The van der Waals surface area contributed by atoms with Gasteiger partial charge in [-0.15, -0.1) is 11.6 Å². The van der Waals surface area contributed by atoms with E-state index >= 15 is 0 Å². The lowest BCUT2D eigenvalue weighted by molar-refractivity contribution is 0.480. The lowest BCUT2D eigenvalue weighted by Gasteiger charge is -2.11. The average molecular weight is 290 g/mol. The number of halogens is 3. The molecule has 0 aromatic heterocycles. The Balaban J connectivity index is 1.80. The lowest BCUT2D eigenvalue weighted by Crippen LogP contribution is -1.97. The minimum absolute atomic E-state index is 0.0628. The third-order valence-electron chi connectivity index (χ3n) is 4.32. The Morgan fingerprint density at radius 3 is 2.29 bits per heavy atom. The van der Waals surface area contributed by atoms with E-state index < -0.39 is 0 Å². The second-order valence-corrected chi connectivity index (χ2v) is 6.57. The molecule has 3 rings (SSSR count). The zero-order chi connectivity index (χ0) is 12.0. The fourth-order valence-electron chi connectivity index (χ4n) is 3.41. The number of rotatable bonds is 2. The number of alkyl halides is 1. The van der Waals surface area contributed by atoms with Crippen molar-refractivity contribution < 1.29 is 0 Å². The zero-order valence-corrected chi connectivity index (χ0v) is 11.8. The van der Waals surface area contributed by atoms with E-state index in [1.165, 1.54) is 25.7 Å². The Morgan fingerprint density at radius 2 is 1.71 bits per heavy atom. The van der Waals surface area contributed by atoms with Crippen molar-refractivity contribution in [3.8, 4) is 0 Å². The molecular formula is C14H15Cl3. The first kappa shape index (κ1) is 12.1. The Labute approximate surface area is 117 Å². The van der Waals surface area contributed by atoms with Crippen LogP contribution in [0.1, 0.15) is 36.6 Å². The summed E-state index contributed by atoms with van der Waals surface area (Å²) in [5.41, 5.74) is 1.05. The third kappa shape index (κ3) is 2.20. The van der Waals surface area contributed by atoms with Crippen LogP contribution in [0, 0.1) is 17.8 Å². The second kappa shape index (κ2) is 4.64. The van der Waals surface area contributed by atoms with Gasteiger partial charge in [0.25, 0.3) is 0 Å². The van der Waals surface area contributed by atoms with Crippen LogP contribution in [-0.2, 0) is 0 Å². The maximum Gasteiger partial charge on any atom is 0.0633 e. The van der Waals surface area contributed by atoms with Crippen molar-refractivity contribution in [1.82, 2.24) is 0 Å². The smallest absolute Gasteiger partial charge is 0.0633 e. The molecular weight excluding hydrogens is 275 g/mol. The fraction of sp³-hybridized carbons (Fsp3) is 0.571. The van der Waals surface area contributed by atoms with Gasteiger partial charge in [0.05, 0.1) is 5.38 Å². The molecule has 1 aromatic carbocycles. The van der Waals surface area contributed by atoms with Crippen LogP contribution in [0.4, 0.5) is 0 Å². The van der Waals surface area contributed by atoms with Crippen LogP contribution in [0.3, 0.4) is 0 Å². The first-order valence-corrected chi connectivity index (χ1v) is 7.47. The molecule has 0 N–H and O–H groups in total. The molecule has 2 aliphatic rings. The van der Waals surface area contributed by atoms with Gasteiger partial charge in [0.1, 0.15) is 0 Å². The molecule has 2 aliphatic carbocycles. The summed E-state index contributed by atoms with van der Waals surface area (Å²) in [4.78, 5) is 0. The number of hydrogen-bond donors (Lipinski definition) is 0. The third-order valence-corrected chi connectivity index (χ3v) is 5.41. The van der Waals surface area contributed by atoms with Gasteiger partial charge in [-0.25, -0.2) is 0 Å². The summed E-state index contributed by atoms with van der Waals surface area (Å²) in [5.74, 6) is 2.33. The predicted octanol–water partition coefficient (Wildman–Crippen LogP) is 5.71. The highest BCUT2D eigenvalue weighted by Crippen LogP contribution is 2.62. The summed E-state index contributed by atoms with van der Waals surface area (Å²) in [7, 11) is 0. The molecule has 2 saturated carbocycles. The van der Waals surface area contributed by atoms with Crippen LogP contribution in [0.15, 0.2) is 18.2 Å². The largest absolute Gasteiger partial charge is 0.117 e. The van der Waals surface area contributed by atoms with Crippen molar-refractivity contribution in [3.05, 3.63) is 33.8 Å². The Morgan fingerprint density at radius 1 is 1.06 bits per heavy atom. The molecule has 0 nitrogen and oxygen atoms in total. The maximum atomic E-state index is 6.61. The first-order valence-electron chi connectivity index (χ1n) is 6.27. The molecule has 0 aliphatic heterocycles. The van der Waals surface area contributed by atoms with E-state index in [-0.39, 0.29) is 5.38 Å². The van der Waals surface area contributed by atoms with Gasteiger partial charge in [0.2, 0.25) is 0 Å². The monoisotopic (exact) mass is 288 g/mol. The van der Waals surface area contributed by atoms with Crippen LogP contribution in [-0.4, -0.2) is 0 Å². The highest BCUT2D eigenvalue weighted by atomic mass is 35.5. The van der Waals surface area contributed by atoms with Gasteiger partial charge in [-0.3, -0.25) is 0 Å². The molecule has 1 aromatic rings. The normalized spacial score (nSPS) is 33.0. The molecule has 3 atom stereocenters. The van der Waals surface area contributed by atoms with Crippen molar-refractivity contribution >= 4 is 34.8 Å². The predicted molar refractivity (Wildman–Crippen MR) is 74.0 cm³/mol. The lowest BCUT2D eigenvalue weighted by atomic mass is 10.0. The van der Waals surface area contributed by atoms with Crippen molar-refractivity contribution in [1.29, 1.82) is 0 Å². The molecule has 3 unspecified atom stereocenters. The van der Waals surface area contributed by atoms with Crippen molar-refractivity contribution in [2.45, 2.75) is 31.1 Å². The van der Waals surface area contributed by atoms with Gasteiger partial charge >= 0.3 is 0 Å². The molecule has 0 bridgehead atoms. The Hall–Kier alpha value is 0.0900. The zero-order valence-electron chi connectivity index (χ0n) is 9.50. The van der Waals surface area contributed by atoms with E-state index in [2.05, 4.69) is 0 Å². The van der Waals surface area contributed by atoms with Gasteiger partial charge in [-0.2, -0.15) is 0 Å². The number of hydrogen-bond acceptors (Lipinski definition) is 0. The second-order valence-electron chi connectivity index (χ2n) is 5.26. The van der Waals surface area contributed by atoms with Gasteiger partial charge in [-0.1, -0.05) is 42.1 Å². The summed E-state index contributed by atoms with van der Waals surface area (Å²) in [6.45, 7) is 0. The van der Waals surface area contributed by atoms with E-state index in [0.29, 0.717) is 16.0 Å². The molecule has 2 fully saturated rings. The van der Waals surface area contributed by atoms with Crippen molar-refractivity contribution in [2.24, 2.45) is 17.8 Å². The molecule has 17 heavy (non-hydrogen) atoms. The van der Waals surface area contributed by atoms with Gasteiger partial charge in [0.15, 0.2) is 0 Å². The highest BCUT2D eigenvalue weighted by molar-refractivity contribution is 6.35. The van der Waals surface area contributed by atoms with Crippen LogP contribution < -0.4 is 0 Å². The van der Waals surface area contributed by atoms with Crippen LogP contribution in [0.5, 0.6) is 0 Å². The van der Waals surface area contributed by atoms with E-state index in [4.69, 9.17) is 34.8 Å². The van der Waals surface area contributed by atoms with E-state index in [9.17, 15) is 0 Å². The molecule has 0 saturated heterocycles. The molecule has 3 heteroatoms. The number of fused-ring (bicyclic) bond motifs is 1. The number of benzene rings is 1. The minimum atomic E-state index is 0.0628. The van der Waals surface area contributed by atoms with Gasteiger partial charge in [0, 0.05) is 10.0 Å². The topological polar surface area (TPSA) is 0 Å². The van der Waals surface area contributed by atoms with E-state index in [1.807, 2.05) is 12.1 Å². The average Bonchev–Trinajstić information content (AvgIpc) is 3.02. The first-order chi connectivity index (χ1) is 8.18. The summed E-state index contributed by atoms with van der Waals surface area (Å²) in [6, 6.07) is 5.65. The van der Waals surface area contributed by atoms with Gasteiger partial charge in [-0.05, 0) is 48.3 Å². The molecule has 0 amide bonds. The van der Waals surface area contributed by atoms with Crippen LogP contribution in [0.25, 0.3) is 0 Å². The minimum Gasteiger partial charge on any atom is -0.117 e. The van der Waals surface area contributed by atoms with Crippen molar-refractivity contribution in [3.63, 3.8) is 0 Å². The molecule has 92 valence electrons. The SMILES string of the molecule is Clc1ccc(C(Cl)C2C3CCCCC32)c(Cl)c1. The fourth-order valence-corrected chi connectivity index (χ4v) is 4.56. The molecule has 0 spiro atoms. The maximum absolute atomic E-state index is 6.61.